The summed E-state index contributed by atoms with van der Waals surface area (Å²) in [6, 6.07) is 9.38. The van der Waals surface area contributed by atoms with E-state index in [1.54, 1.807) is 0 Å². The molecule has 0 N–H and O–H groups in total. The molecule has 6 heteroatoms. The maximum Gasteiger partial charge on any atom is 0.268 e. The SMILES string of the molecule is CC(C)n1nc(-c2nnc(CC3CCN(C4CCCC4)CC3)o2)c2ccccc21. The summed E-state index contributed by atoms with van der Waals surface area (Å²) in [5.41, 5.74) is 1.90. The minimum absolute atomic E-state index is 0.279. The zero-order valence-corrected chi connectivity index (χ0v) is 17.5. The Morgan fingerprint density at radius 3 is 2.55 bits per heavy atom. The van der Waals surface area contributed by atoms with Crippen molar-refractivity contribution in [3.05, 3.63) is 30.2 Å². The van der Waals surface area contributed by atoms with Crippen LogP contribution in [0.25, 0.3) is 22.5 Å². The molecule has 3 aromatic rings. The smallest absolute Gasteiger partial charge is 0.268 e. The van der Waals surface area contributed by atoms with Gasteiger partial charge in [-0.15, -0.1) is 10.2 Å². The first-order chi connectivity index (χ1) is 14.2. The molecule has 0 unspecified atom stereocenters. The van der Waals surface area contributed by atoms with E-state index in [2.05, 4.69) is 41.1 Å². The van der Waals surface area contributed by atoms with E-state index in [1.165, 1.54) is 51.6 Å². The summed E-state index contributed by atoms with van der Waals surface area (Å²) in [7, 11) is 0. The molecule has 2 fully saturated rings. The monoisotopic (exact) mass is 393 g/mol. The fraction of sp³-hybridized carbons (Fsp3) is 0.609. The molecule has 2 aliphatic rings. The van der Waals surface area contributed by atoms with Crippen LogP contribution in [0.5, 0.6) is 0 Å². The minimum atomic E-state index is 0.279. The predicted octanol–water partition coefficient (Wildman–Crippen LogP) is 4.86. The van der Waals surface area contributed by atoms with Crippen LogP contribution in [0, 0.1) is 5.92 Å². The van der Waals surface area contributed by atoms with Crippen LogP contribution in [0.3, 0.4) is 0 Å². The van der Waals surface area contributed by atoms with E-state index in [4.69, 9.17) is 9.52 Å². The molecule has 3 heterocycles. The molecule has 1 aliphatic carbocycles. The number of rotatable bonds is 5. The number of aromatic nitrogens is 4. The number of piperidine rings is 1. The zero-order chi connectivity index (χ0) is 19.8. The van der Waals surface area contributed by atoms with Crippen molar-refractivity contribution in [2.24, 2.45) is 5.92 Å². The molecule has 2 aromatic heterocycles. The summed E-state index contributed by atoms with van der Waals surface area (Å²) in [5, 5.41) is 14.6. The molecule has 0 radical (unpaired) electrons. The first kappa shape index (κ1) is 18.8. The van der Waals surface area contributed by atoms with E-state index < -0.39 is 0 Å². The maximum atomic E-state index is 6.09. The van der Waals surface area contributed by atoms with Gasteiger partial charge in [0.15, 0.2) is 5.69 Å². The lowest BCUT2D eigenvalue weighted by Gasteiger charge is -2.35. The van der Waals surface area contributed by atoms with Gasteiger partial charge in [-0.25, -0.2) is 0 Å². The third-order valence-corrected chi connectivity index (χ3v) is 6.73. The quantitative estimate of drug-likeness (QED) is 0.619. The molecule has 1 aliphatic heterocycles. The topological polar surface area (TPSA) is 60.0 Å². The first-order valence-electron chi connectivity index (χ1n) is 11.2. The van der Waals surface area contributed by atoms with E-state index in [-0.39, 0.29) is 6.04 Å². The molecule has 0 spiro atoms. The number of fused-ring (bicyclic) bond motifs is 1. The summed E-state index contributed by atoms with van der Waals surface area (Å²) in [4.78, 5) is 2.72. The second kappa shape index (κ2) is 7.90. The number of hydrogen-bond donors (Lipinski definition) is 0. The third kappa shape index (κ3) is 3.70. The summed E-state index contributed by atoms with van der Waals surface area (Å²) < 4.78 is 8.12. The van der Waals surface area contributed by atoms with Gasteiger partial charge < -0.3 is 9.32 Å². The number of para-hydroxylation sites is 1. The molecule has 5 rings (SSSR count). The van der Waals surface area contributed by atoms with E-state index in [1.807, 2.05) is 16.8 Å². The van der Waals surface area contributed by atoms with Crippen LogP contribution in [0.2, 0.25) is 0 Å². The highest BCUT2D eigenvalue weighted by Crippen LogP contribution is 2.31. The fourth-order valence-corrected chi connectivity index (χ4v) is 5.11. The standard InChI is InChI=1S/C23H31N5O/c1-16(2)28-20-10-6-5-9-19(20)22(26-28)23-25-24-21(29-23)15-17-11-13-27(14-12-17)18-7-3-4-8-18/h5-6,9-10,16-18H,3-4,7-8,11-15H2,1-2H3. The lowest BCUT2D eigenvalue weighted by Crippen LogP contribution is -2.40. The van der Waals surface area contributed by atoms with Crippen LogP contribution in [-0.4, -0.2) is 44.0 Å². The Balaban J connectivity index is 1.29. The third-order valence-electron chi connectivity index (χ3n) is 6.73. The molecule has 29 heavy (non-hydrogen) atoms. The Morgan fingerprint density at radius 2 is 1.79 bits per heavy atom. The lowest BCUT2D eigenvalue weighted by molar-refractivity contribution is 0.131. The Morgan fingerprint density at radius 1 is 1.03 bits per heavy atom. The summed E-state index contributed by atoms with van der Waals surface area (Å²) >= 11 is 0. The van der Waals surface area contributed by atoms with Gasteiger partial charge in [-0.05, 0) is 64.6 Å². The predicted molar refractivity (Wildman–Crippen MR) is 114 cm³/mol. The van der Waals surface area contributed by atoms with Crippen molar-refractivity contribution in [3.8, 4) is 11.6 Å². The van der Waals surface area contributed by atoms with Gasteiger partial charge in [0.05, 0.1) is 5.52 Å². The number of hydrogen-bond acceptors (Lipinski definition) is 5. The largest absolute Gasteiger partial charge is 0.419 e. The fourth-order valence-electron chi connectivity index (χ4n) is 5.11. The van der Waals surface area contributed by atoms with Crippen molar-refractivity contribution >= 4 is 10.9 Å². The van der Waals surface area contributed by atoms with E-state index >= 15 is 0 Å². The molecular weight excluding hydrogens is 362 g/mol. The van der Waals surface area contributed by atoms with Crippen molar-refractivity contribution in [1.29, 1.82) is 0 Å². The van der Waals surface area contributed by atoms with Crippen molar-refractivity contribution in [2.75, 3.05) is 13.1 Å². The Bertz CT molecular complexity index is 961. The molecule has 0 atom stereocenters. The van der Waals surface area contributed by atoms with Crippen LogP contribution in [0.15, 0.2) is 28.7 Å². The molecule has 0 bridgehead atoms. The van der Waals surface area contributed by atoms with Crippen LogP contribution < -0.4 is 0 Å². The van der Waals surface area contributed by atoms with E-state index in [0.29, 0.717) is 11.8 Å². The van der Waals surface area contributed by atoms with Crippen molar-refractivity contribution in [2.45, 2.75) is 70.9 Å². The van der Waals surface area contributed by atoms with Crippen molar-refractivity contribution in [3.63, 3.8) is 0 Å². The summed E-state index contributed by atoms with van der Waals surface area (Å²) in [6.07, 6.45) is 8.98. The van der Waals surface area contributed by atoms with Crippen molar-refractivity contribution < 1.29 is 4.42 Å². The zero-order valence-electron chi connectivity index (χ0n) is 17.5. The molecule has 6 nitrogen and oxygen atoms in total. The summed E-state index contributed by atoms with van der Waals surface area (Å²) in [5.74, 6) is 1.94. The Kier molecular flexibility index (Phi) is 5.12. The Labute approximate surface area is 172 Å². The van der Waals surface area contributed by atoms with E-state index in [9.17, 15) is 0 Å². The highest BCUT2D eigenvalue weighted by molar-refractivity contribution is 5.91. The summed E-state index contributed by atoms with van der Waals surface area (Å²) in [6.45, 7) is 6.72. The second-order valence-corrected chi connectivity index (χ2v) is 9.03. The number of likely N-dealkylation sites (tertiary alicyclic amines) is 1. The van der Waals surface area contributed by atoms with E-state index in [0.717, 1.165) is 35.0 Å². The lowest BCUT2D eigenvalue weighted by atomic mass is 9.92. The molecular formula is C23H31N5O. The van der Waals surface area contributed by atoms with Gasteiger partial charge in [0.2, 0.25) is 5.89 Å². The minimum Gasteiger partial charge on any atom is -0.419 e. The van der Waals surface area contributed by atoms with Gasteiger partial charge >= 0.3 is 0 Å². The van der Waals surface area contributed by atoms with Gasteiger partial charge in [-0.1, -0.05) is 31.0 Å². The molecule has 1 saturated heterocycles. The number of benzene rings is 1. The molecule has 154 valence electrons. The molecule has 1 aromatic carbocycles. The van der Waals surface area contributed by atoms with Crippen LogP contribution in [0.4, 0.5) is 0 Å². The van der Waals surface area contributed by atoms with Crippen molar-refractivity contribution in [1.82, 2.24) is 24.9 Å². The van der Waals surface area contributed by atoms with Gasteiger partial charge in [0, 0.05) is 23.9 Å². The molecule has 1 saturated carbocycles. The normalized spacial score (nSPS) is 19.7. The molecule has 0 amide bonds. The highest BCUT2D eigenvalue weighted by Gasteiger charge is 2.28. The first-order valence-corrected chi connectivity index (χ1v) is 11.2. The van der Waals surface area contributed by atoms with Crippen LogP contribution >= 0.6 is 0 Å². The van der Waals surface area contributed by atoms with Gasteiger partial charge in [-0.2, -0.15) is 5.10 Å². The van der Waals surface area contributed by atoms with Crippen LogP contribution in [-0.2, 0) is 6.42 Å². The average molecular weight is 394 g/mol. The highest BCUT2D eigenvalue weighted by atomic mass is 16.4. The number of nitrogens with zero attached hydrogens (tertiary/aromatic N) is 5. The Hall–Kier alpha value is -2.21. The second-order valence-electron chi connectivity index (χ2n) is 9.03. The van der Waals surface area contributed by atoms with Gasteiger partial charge in [0.25, 0.3) is 5.89 Å². The van der Waals surface area contributed by atoms with Crippen LogP contribution in [0.1, 0.15) is 64.3 Å². The van der Waals surface area contributed by atoms with Gasteiger partial charge in [-0.3, -0.25) is 4.68 Å². The van der Waals surface area contributed by atoms with Gasteiger partial charge in [0.1, 0.15) is 0 Å². The maximum absolute atomic E-state index is 6.09. The average Bonchev–Trinajstić information content (AvgIpc) is 3.48.